The van der Waals surface area contributed by atoms with Gasteiger partial charge in [-0.25, -0.2) is 4.79 Å². The summed E-state index contributed by atoms with van der Waals surface area (Å²) in [4.78, 5) is 11.3. The van der Waals surface area contributed by atoms with Crippen LogP contribution in [0.3, 0.4) is 0 Å². The van der Waals surface area contributed by atoms with Crippen molar-refractivity contribution in [1.29, 1.82) is 0 Å². The van der Waals surface area contributed by atoms with Gasteiger partial charge in [0.1, 0.15) is 5.75 Å². The van der Waals surface area contributed by atoms with Crippen LogP contribution in [0.5, 0.6) is 5.75 Å². The van der Waals surface area contributed by atoms with E-state index in [2.05, 4.69) is 0 Å². The van der Waals surface area contributed by atoms with Crippen LogP contribution in [-0.2, 0) is 17.1 Å². The summed E-state index contributed by atoms with van der Waals surface area (Å²) >= 11 is 0. The predicted octanol–water partition coefficient (Wildman–Crippen LogP) is 2.05. The summed E-state index contributed by atoms with van der Waals surface area (Å²) in [7, 11) is 0. The molecule has 0 aliphatic heterocycles. The molecule has 0 aromatic heterocycles. The number of halogens is 6. The van der Waals surface area contributed by atoms with Crippen LogP contribution in [0.15, 0.2) is 48.5 Å². The van der Waals surface area contributed by atoms with Crippen LogP contribution in [0.4, 0.5) is 26.3 Å². The minimum atomic E-state index is -4.67. The van der Waals surface area contributed by atoms with E-state index in [9.17, 15) is 36.2 Å². The van der Waals surface area contributed by atoms with E-state index in [-0.39, 0.29) is 42.3 Å². The molecule has 0 spiro atoms. The zero-order valence-electron chi connectivity index (χ0n) is 14.2. The molecule has 2 aromatic carbocycles. The third-order valence-corrected chi connectivity index (χ3v) is 3.18. The first-order valence-corrected chi connectivity index (χ1v) is 6.72. The minimum absolute atomic E-state index is 0. The second kappa shape index (κ2) is 8.32. The van der Waals surface area contributed by atoms with Crippen LogP contribution in [0.2, 0.25) is 0 Å². The van der Waals surface area contributed by atoms with Crippen molar-refractivity contribution >= 4 is 5.97 Å². The molecule has 0 saturated carbocycles. The molecule has 1 unspecified atom stereocenters. The van der Waals surface area contributed by atoms with Gasteiger partial charge in [0.15, 0.2) is 0 Å². The number of carboxylic acid groups (broad SMARTS) is 1. The van der Waals surface area contributed by atoms with Crippen LogP contribution in [0.25, 0.3) is 0 Å². The van der Waals surface area contributed by atoms with Gasteiger partial charge in [0, 0.05) is 5.56 Å². The van der Waals surface area contributed by atoms with Crippen LogP contribution in [0.1, 0.15) is 24.2 Å². The number of carboxylic acids is 1. The topological polar surface area (TPSA) is 46.5 Å². The molecular weight excluding hydrogens is 377 g/mol. The predicted molar refractivity (Wildman–Crippen MR) is 75.0 cm³/mol. The molecule has 136 valence electrons. The Hall–Kier alpha value is -1.71. The smallest absolute Gasteiger partial charge is 1.00 e. The van der Waals surface area contributed by atoms with Crippen molar-refractivity contribution in [2.75, 3.05) is 0 Å². The summed E-state index contributed by atoms with van der Waals surface area (Å²) in [5, 5.41) is 9.18. The number of hydrogen-bond acceptors (Lipinski definition) is 2. The quantitative estimate of drug-likeness (QED) is 0.644. The molecule has 10 heteroatoms. The van der Waals surface area contributed by atoms with Gasteiger partial charge >= 0.3 is 47.9 Å². The number of alkyl halides is 6. The van der Waals surface area contributed by atoms with Gasteiger partial charge in [0.25, 0.3) is 0 Å². The maximum Gasteiger partial charge on any atom is 1.00 e. The summed E-state index contributed by atoms with van der Waals surface area (Å²) in [6.45, 7) is 0. The molecule has 2 rings (SSSR count). The Morgan fingerprint density at radius 1 is 0.923 bits per heavy atom. The second-order valence-corrected chi connectivity index (χ2v) is 4.98. The largest absolute Gasteiger partial charge is 1.00 e. The molecule has 0 heterocycles. The molecular formula is C16H11F6NaO3. The van der Waals surface area contributed by atoms with Crippen molar-refractivity contribution in [3.63, 3.8) is 0 Å². The zero-order chi connectivity index (χ0) is 18.8. The monoisotopic (exact) mass is 388 g/mol. The van der Waals surface area contributed by atoms with Gasteiger partial charge in [0.05, 0.1) is 11.1 Å². The molecule has 1 N–H and O–H groups in total. The molecule has 1 atom stereocenters. The Morgan fingerprint density at radius 3 is 1.92 bits per heavy atom. The van der Waals surface area contributed by atoms with Gasteiger partial charge in [-0.05, 0) is 36.4 Å². The van der Waals surface area contributed by atoms with Crippen molar-refractivity contribution in [3.05, 3.63) is 65.2 Å². The molecule has 26 heavy (non-hydrogen) atoms. The molecule has 3 nitrogen and oxygen atoms in total. The Balaban J connectivity index is 0.00000338. The van der Waals surface area contributed by atoms with E-state index >= 15 is 0 Å². The zero-order valence-corrected chi connectivity index (χ0v) is 15.2. The molecule has 0 radical (unpaired) electrons. The Labute approximate surface area is 167 Å². The maximum atomic E-state index is 12.7. The van der Waals surface area contributed by atoms with Gasteiger partial charge in [0.2, 0.25) is 6.10 Å². The number of rotatable bonds is 4. The first-order valence-electron chi connectivity index (χ1n) is 6.72. The van der Waals surface area contributed by atoms with E-state index in [4.69, 9.17) is 4.74 Å². The number of aliphatic carboxylic acids is 1. The van der Waals surface area contributed by atoms with E-state index in [1.165, 1.54) is 0 Å². The average Bonchev–Trinajstić information content (AvgIpc) is 2.51. The molecule has 0 fully saturated rings. The summed E-state index contributed by atoms with van der Waals surface area (Å²) in [6, 6.07) is 6.67. The second-order valence-electron chi connectivity index (χ2n) is 4.98. The fourth-order valence-corrected chi connectivity index (χ4v) is 2.00. The van der Waals surface area contributed by atoms with Crippen LogP contribution in [0, 0.1) is 0 Å². The van der Waals surface area contributed by atoms with Crippen LogP contribution < -0.4 is 34.3 Å². The van der Waals surface area contributed by atoms with E-state index in [0.29, 0.717) is 18.2 Å². The SMILES string of the molecule is O=C(O)C(Oc1ccc(C(F)(F)F)cc1)c1cccc(C(F)(F)F)c1.[H-].[Na+]. The van der Waals surface area contributed by atoms with E-state index in [1.54, 1.807) is 0 Å². The number of hydrogen-bond donors (Lipinski definition) is 1. The van der Waals surface area contributed by atoms with Crippen LogP contribution >= 0.6 is 0 Å². The molecule has 0 aliphatic rings. The van der Waals surface area contributed by atoms with Gasteiger partial charge in [-0.3, -0.25) is 0 Å². The fourth-order valence-electron chi connectivity index (χ4n) is 2.00. The van der Waals surface area contributed by atoms with Crippen molar-refractivity contribution in [3.8, 4) is 5.75 Å². The van der Waals surface area contributed by atoms with Gasteiger partial charge < -0.3 is 11.3 Å². The maximum absolute atomic E-state index is 12.7. The van der Waals surface area contributed by atoms with E-state index < -0.39 is 35.6 Å². The van der Waals surface area contributed by atoms with Gasteiger partial charge in [-0.2, -0.15) is 26.3 Å². The van der Waals surface area contributed by atoms with E-state index in [0.717, 1.165) is 30.3 Å². The third kappa shape index (κ3) is 5.65. The van der Waals surface area contributed by atoms with Crippen molar-refractivity contribution in [1.82, 2.24) is 0 Å². The Bertz CT molecular complexity index is 762. The molecule has 0 bridgehead atoms. The van der Waals surface area contributed by atoms with Gasteiger partial charge in [-0.1, -0.05) is 12.1 Å². The standard InChI is InChI=1S/C16H10F6O3.Na.H/c17-15(18,19)10-4-6-12(7-5-10)25-13(14(23)24)9-2-1-3-11(8-9)16(20,21)22;;/h1-8,13H,(H,23,24);;/q;+1;-1. The van der Waals surface area contributed by atoms with Crippen molar-refractivity contribution in [2.24, 2.45) is 0 Å². The number of ether oxygens (including phenoxy) is 1. The van der Waals surface area contributed by atoms with Crippen molar-refractivity contribution < 1.29 is 72.0 Å². The summed E-state index contributed by atoms with van der Waals surface area (Å²) in [6.07, 6.45) is -11.1. The summed E-state index contributed by atoms with van der Waals surface area (Å²) in [5.74, 6) is -1.81. The molecule has 0 amide bonds. The molecule has 2 aromatic rings. The third-order valence-electron chi connectivity index (χ3n) is 3.18. The first-order chi connectivity index (χ1) is 11.5. The number of benzene rings is 2. The summed E-state index contributed by atoms with van der Waals surface area (Å²) < 4.78 is 80.7. The van der Waals surface area contributed by atoms with E-state index in [1.807, 2.05) is 0 Å². The molecule has 0 aliphatic carbocycles. The van der Waals surface area contributed by atoms with Gasteiger partial charge in [-0.15, -0.1) is 0 Å². The first kappa shape index (κ1) is 22.3. The van der Waals surface area contributed by atoms with Crippen LogP contribution in [-0.4, -0.2) is 11.1 Å². The normalized spacial score (nSPS) is 12.8. The Morgan fingerprint density at radius 2 is 1.46 bits per heavy atom. The Kier molecular flexibility index (Phi) is 7.15. The average molecular weight is 388 g/mol. The summed E-state index contributed by atoms with van der Waals surface area (Å²) in [5.41, 5.74) is -2.32. The fraction of sp³-hybridized carbons (Fsp3) is 0.188. The molecule has 0 saturated heterocycles. The minimum Gasteiger partial charge on any atom is -1.00 e. The van der Waals surface area contributed by atoms with Crippen molar-refractivity contribution in [2.45, 2.75) is 18.5 Å². The number of carbonyl (C=O) groups is 1.